The highest BCUT2D eigenvalue weighted by atomic mass is 35.5. The molecule has 10 heteroatoms. The van der Waals surface area contributed by atoms with Gasteiger partial charge in [-0.25, -0.2) is 4.79 Å². The molecule has 240 valence electrons. The lowest BCUT2D eigenvalue weighted by molar-refractivity contribution is -0.118. The SMILES string of the molecule is CC(C)C(=O)Nc1ccc(N2CCOCC2)c(COc2ccc(-c3c(C4CCCCC4)c4sc(C(=O)O)cc4n3C)cc2)c1.Cl. The van der Waals surface area contributed by atoms with Gasteiger partial charge < -0.3 is 29.4 Å². The van der Waals surface area contributed by atoms with E-state index in [1.165, 1.54) is 41.9 Å². The average Bonchev–Trinajstić information content (AvgIpc) is 3.59. The highest BCUT2D eigenvalue weighted by Gasteiger charge is 2.28. The molecule has 2 aliphatic rings. The van der Waals surface area contributed by atoms with Gasteiger partial charge in [-0.2, -0.15) is 0 Å². The summed E-state index contributed by atoms with van der Waals surface area (Å²) in [6, 6.07) is 16.1. The molecule has 1 aliphatic carbocycles. The number of nitrogens with zero attached hydrogens (tertiary/aromatic N) is 2. The first-order valence-corrected chi connectivity index (χ1v) is 16.5. The molecule has 8 nitrogen and oxygen atoms in total. The molecule has 3 heterocycles. The van der Waals surface area contributed by atoms with E-state index in [0.29, 0.717) is 30.6 Å². The van der Waals surface area contributed by atoms with Crippen molar-refractivity contribution in [2.45, 2.75) is 58.5 Å². The van der Waals surface area contributed by atoms with Crippen molar-refractivity contribution in [1.82, 2.24) is 4.57 Å². The summed E-state index contributed by atoms with van der Waals surface area (Å²) >= 11 is 1.40. The Hall–Kier alpha value is -3.53. The topological polar surface area (TPSA) is 93.0 Å². The van der Waals surface area contributed by atoms with Crippen LogP contribution < -0.4 is 15.0 Å². The van der Waals surface area contributed by atoms with Gasteiger partial charge in [0, 0.05) is 43.0 Å². The fourth-order valence-corrected chi connectivity index (χ4v) is 7.66. The van der Waals surface area contributed by atoms with Gasteiger partial charge in [0.25, 0.3) is 0 Å². The number of rotatable bonds is 9. The lowest BCUT2D eigenvalue weighted by Gasteiger charge is -2.31. The van der Waals surface area contributed by atoms with Gasteiger partial charge in [-0.15, -0.1) is 23.7 Å². The molecule has 0 atom stereocenters. The number of hydrogen-bond acceptors (Lipinski definition) is 6. The Morgan fingerprint density at radius 3 is 2.42 bits per heavy atom. The van der Waals surface area contributed by atoms with Crippen LogP contribution in [0.1, 0.15) is 72.7 Å². The largest absolute Gasteiger partial charge is 0.489 e. The number of benzene rings is 2. The zero-order chi connectivity index (χ0) is 30.8. The first-order valence-electron chi connectivity index (χ1n) is 15.6. The summed E-state index contributed by atoms with van der Waals surface area (Å²) in [5, 5.41) is 12.7. The predicted octanol–water partition coefficient (Wildman–Crippen LogP) is 8.08. The lowest BCUT2D eigenvalue weighted by Crippen LogP contribution is -2.36. The molecule has 2 fully saturated rings. The van der Waals surface area contributed by atoms with Crippen LogP contribution in [-0.2, 0) is 23.2 Å². The van der Waals surface area contributed by atoms with E-state index >= 15 is 0 Å². The Bertz CT molecular complexity index is 1650. The van der Waals surface area contributed by atoms with Crippen LogP contribution in [0.5, 0.6) is 5.75 Å². The monoisotopic (exact) mass is 651 g/mol. The van der Waals surface area contributed by atoms with Crippen LogP contribution in [0.15, 0.2) is 48.5 Å². The number of thiophene rings is 1. The quantitative estimate of drug-likeness (QED) is 0.190. The number of aryl methyl sites for hydroxylation is 1. The van der Waals surface area contributed by atoms with Gasteiger partial charge in [0.15, 0.2) is 0 Å². The number of nitrogens with one attached hydrogen (secondary N) is 1. The van der Waals surface area contributed by atoms with E-state index in [2.05, 4.69) is 33.0 Å². The molecule has 0 bridgehead atoms. The molecule has 1 aliphatic heterocycles. The van der Waals surface area contributed by atoms with Gasteiger partial charge in [0.2, 0.25) is 5.91 Å². The van der Waals surface area contributed by atoms with Gasteiger partial charge in [0.05, 0.1) is 29.1 Å². The molecule has 1 amide bonds. The minimum absolute atomic E-state index is 0. The molecule has 2 aromatic heterocycles. The zero-order valence-electron chi connectivity index (χ0n) is 26.1. The fourth-order valence-electron chi connectivity index (χ4n) is 6.51. The van der Waals surface area contributed by atoms with Crippen LogP contribution >= 0.6 is 23.7 Å². The summed E-state index contributed by atoms with van der Waals surface area (Å²) in [6.07, 6.45) is 5.95. The summed E-state index contributed by atoms with van der Waals surface area (Å²) in [4.78, 5) is 26.9. The minimum Gasteiger partial charge on any atom is -0.489 e. The molecule has 0 unspecified atom stereocenters. The van der Waals surface area contributed by atoms with E-state index < -0.39 is 5.97 Å². The molecule has 2 N–H and O–H groups in total. The molecule has 4 aromatic rings. The number of carbonyl (C=O) groups is 2. The normalized spacial score (nSPS) is 15.7. The Morgan fingerprint density at radius 2 is 1.76 bits per heavy atom. The van der Waals surface area contributed by atoms with Crippen molar-refractivity contribution in [3.63, 3.8) is 0 Å². The summed E-state index contributed by atoms with van der Waals surface area (Å²) in [5.74, 6) is 0.208. The van der Waals surface area contributed by atoms with Crippen molar-refractivity contribution in [1.29, 1.82) is 0 Å². The number of ether oxygens (including phenoxy) is 2. The molecule has 2 aromatic carbocycles. The van der Waals surface area contributed by atoms with Crippen molar-refractivity contribution < 1.29 is 24.2 Å². The number of carboxylic acid groups (broad SMARTS) is 1. The third-order valence-electron chi connectivity index (χ3n) is 8.88. The van der Waals surface area contributed by atoms with E-state index in [1.807, 2.05) is 51.2 Å². The van der Waals surface area contributed by atoms with Gasteiger partial charge in [-0.3, -0.25) is 4.79 Å². The second-order valence-corrected chi connectivity index (χ2v) is 13.2. The second kappa shape index (κ2) is 14.3. The summed E-state index contributed by atoms with van der Waals surface area (Å²) in [5.41, 5.74) is 7.42. The molecular formula is C35H42ClN3O5S. The van der Waals surface area contributed by atoms with E-state index in [-0.39, 0.29) is 24.2 Å². The van der Waals surface area contributed by atoms with Crippen molar-refractivity contribution in [3.8, 4) is 17.0 Å². The van der Waals surface area contributed by atoms with Crippen LogP contribution in [-0.4, -0.2) is 47.9 Å². The Kier molecular flexibility index (Phi) is 10.4. The van der Waals surface area contributed by atoms with E-state index in [9.17, 15) is 14.7 Å². The Labute approximate surface area is 274 Å². The van der Waals surface area contributed by atoms with Gasteiger partial charge in [-0.05, 0) is 78.4 Å². The van der Waals surface area contributed by atoms with E-state index in [4.69, 9.17) is 9.47 Å². The highest BCUT2D eigenvalue weighted by Crippen LogP contribution is 2.46. The number of carboxylic acids is 1. The number of fused-ring (bicyclic) bond motifs is 1. The second-order valence-electron chi connectivity index (χ2n) is 12.2. The molecule has 45 heavy (non-hydrogen) atoms. The molecule has 0 radical (unpaired) electrons. The first kappa shape index (κ1) is 32.9. The van der Waals surface area contributed by atoms with Crippen LogP contribution in [0, 0.1) is 5.92 Å². The standard InChI is InChI=1S/C35H41N3O5S.ClH/c1-22(2)34(39)36-26-11-14-28(38-15-17-42-18-16-38)25(19-26)21-43-27-12-9-24(10-13-27)32-31(23-7-5-4-6-8-23)33-29(37(32)3)20-30(44-33)35(40)41;/h9-14,19-20,22-23H,4-8,15-18,21H2,1-3H3,(H,36,39)(H,40,41);1H. The summed E-state index contributed by atoms with van der Waals surface area (Å²) in [7, 11) is 2.05. The number of amides is 1. The number of halogens is 1. The lowest BCUT2D eigenvalue weighted by atomic mass is 9.83. The average molecular weight is 652 g/mol. The van der Waals surface area contributed by atoms with E-state index in [1.54, 1.807) is 0 Å². The number of anilines is 2. The van der Waals surface area contributed by atoms with Crippen molar-refractivity contribution in [2.24, 2.45) is 13.0 Å². The van der Waals surface area contributed by atoms with Crippen LogP contribution in [0.3, 0.4) is 0 Å². The summed E-state index contributed by atoms with van der Waals surface area (Å²) < 4.78 is 15.2. The maximum absolute atomic E-state index is 12.4. The molecular weight excluding hydrogens is 610 g/mol. The number of carbonyl (C=O) groups excluding carboxylic acids is 1. The maximum Gasteiger partial charge on any atom is 0.345 e. The third kappa shape index (κ3) is 7.00. The summed E-state index contributed by atoms with van der Waals surface area (Å²) in [6.45, 7) is 7.12. The van der Waals surface area contributed by atoms with E-state index in [0.717, 1.165) is 64.4 Å². The fraction of sp³-hybridized carbons (Fsp3) is 0.429. The molecule has 6 rings (SSSR count). The Balaban J connectivity index is 0.00000400. The Morgan fingerprint density at radius 1 is 1.04 bits per heavy atom. The highest BCUT2D eigenvalue weighted by molar-refractivity contribution is 7.21. The predicted molar refractivity (Wildman–Crippen MR) is 184 cm³/mol. The number of morpholine rings is 1. The van der Waals surface area contributed by atoms with Gasteiger partial charge >= 0.3 is 5.97 Å². The smallest absolute Gasteiger partial charge is 0.345 e. The maximum atomic E-state index is 12.4. The van der Waals surface area contributed by atoms with Crippen molar-refractivity contribution in [2.75, 3.05) is 36.5 Å². The number of hydrogen-bond donors (Lipinski definition) is 2. The van der Waals surface area contributed by atoms with Crippen molar-refractivity contribution >= 4 is 57.2 Å². The van der Waals surface area contributed by atoms with Crippen molar-refractivity contribution in [3.05, 3.63) is 64.5 Å². The molecule has 0 spiro atoms. The van der Waals surface area contributed by atoms with Crippen LogP contribution in [0.4, 0.5) is 11.4 Å². The first-order chi connectivity index (χ1) is 21.3. The molecule has 1 saturated carbocycles. The van der Waals surface area contributed by atoms with Crippen LogP contribution in [0.25, 0.3) is 21.5 Å². The molecule has 1 saturated heterocycles. The van der Waals surface area contributed by atoms with Gasteiger partial charge in [0.1, 0.15) is 17.2 Å². The number of aromatic carboxylic acids is 1. The van der Waals surface area contributed by atoms with Crippen LogP contribution in [0.2, 0.25) is 0 Å². The zero-order valence-corrected chi connectivity index (χ0v) is 27.8. The number of aromatic nitrogens is 1. The third-order valence-corrected chi connectivity index (χ3v) is 10.0. The van der Waals surface area contributed by atoms with Gasteiger partial charge in [-0.1, -0.05) is 33.1 Å². The minimum atomic E-state index is -0.867.